The summed E-state index contributed by atoms with van der Waals surface area (Å²) in [5.41, 5.74) is 0. The molecule has 0 amide bonds. The van der Waals surface area contributed by atoms with Gasteiger partial charge in [0.15, 0.2) is 0 Å². The van der Waals surface area contributed by atoms with Gasteiger partial charge < -0.3 is 113 Å². The first kappa shape index (κ1) is 59.6. The molecule has 0 saturated heterocycles. The molecule has 0 aromatic rings. The van der Waals surface area contributed by atoms with Crippen molar-refractivity contribution in [2.75, 3.05) is 0 Å². The standard InChI is InChI=1S/C6H18O24P6.6Sn/c7-31(8,9)25-1-2(26-32(10,11)12)4(28-34(16,17)18)6(30-36(22,23)24)5(29-35(19,20)21)3(1)27-33(13,14)15;;;;;;/h1-6H,(H2,7,8,9)(H2,10,11,12)(H2,13,14,15)(H2,16,17,18)(H2,19,20,21)(H2,22,23,24);;;;;;/q;6*+2/p-12/t1-,2-,3-,4+,5-,6-;;;;;;. The zero-order valence-electron chi connectivity index (χ0n) is 18.9. The first-order chi connectivity index (χ1) is 15.6. The Morgan fingerprint density at radius 2 is 0.333 bits per heavy atom. The van der Waals surface area contributed by atoms with Gasteiger partial charge >= 0.3 is 143 Å². The fourth-order valence-electron chi connectivity index (χ4n) is 2.74. The van der Waals surface area contributed by atoms with Crippen LogP contribution < -0.4 is 58.7 Å². The Hall–Kier alpha value is 5.45. The maximum Gasteiger partial charge on any atom is 2.00 e. The molecule has 0 unspecified atom stereocenters. The summed E-state index contributed by atoms with van der Waals surface area (Å²) in [5.74, 6) is 0. The first-order valence-corrected chi connectivity index (χ1v) is 16.6. The second-order valence-electron chi connectivity index (χ2n) is 6.10. The SMILES string of the molecule is O=P([O-])([O-])O[C@H]1[C@H](OP(=O)([O-])[O-])[C@@H](OP(=O)([O-])[O-])[C@H](OP(=O)([O-])[O-])[C@@H](OP(=O)([O-])[O-])[C@H]1OP(=O)([O-])[O-].[Sn+2].[Sn+2].[Sn+2].[Sn+2].[Sn+2].[Sn+2]. The Labute approximate surface area is 336 Å². The second-order valence-corrected chi connectivity index (χ2v) is 12.7. The fourth-order valence-corrected chi connectivity index (χ4v) is 5.96. The van der Waals surface area contributed by atoms with Gasteiger partial charge in [0, 0.05) is 0 Å². The molecular formula is C6H6O24P6Sn6. The molecule has 0 aromatic carbocycles. The molecule has 0 atom stereocenters. The van der Waals surface area contributed by atoms with Gasteiger partial charge in [-0.2, -0.15) is 0 Å². The molecule has 0 aromatic heterocycles. The van der Waals surface area contributed by atoms with Crippen molar-refractivity contribution in [2.45, 2.75) is 36.6 Å². The van der Waals surface area contributed by atoms with E-state index in [0.717, 1.165) is 0 Å². The molecule has 24 nitrogen and oxygen atoms in total. The molecule has 12 radical (unpaired) electrons. The van der Waals surface area contributed by atoms with Crippen molar-refractivity contribution in [3.63, 3.8) is 0 Å². The molecular weight excluding hydrogens is 1350 g/mol. The summed E-state index contributed by atoms with van der Waals surface area (Å²) in [4.78, 5) is 133. The van der Waals surface area contributed by atoms with E-state index >= 15 is 0 Å². The summed E-state index contributed by atoms with van der Waals surface area (Å²) < 4.78 is 88.3. The van der Waals surface area contributed by atoms with Gasteiger partial charge in [0.05, 0.1) is 46.9 Å². The fraction of sp³-hybridized carbons (Fsp3) is 1.00. The van der Waals surface area contributed by atoms with E-state index in [-0.39, 0.29) is 143 Å². The van der Waals surface area contributed by atoms with E-state index in [2.05, 4.69) is 27.1 Å². The minimum absolute atomic E-state index is 0. The smallest absolute Gasteiger partial charge is 0.790 e. The van der Waals surface area contributed by atoms with Gasteiger partial charge in [-0.3, -0.25) is 0 Å². The molecule has 36 heteroatoms. The van der Waals surface area contributed by atoms with Crippen LogP contribution in [0.15, 0.2) is 0 Å². The van der Waals surface area contributed by atoms with Crippen LogP contribution in [0.5, 0.6) is 0 Å². The van der Waals surface area contributed by atoms with E-state index in [0.29, 0.717) is 0 Å². The second kappa shape index (κ2) is 22.4. The summed E-state index contributed by atoms with van der Waals surface area (Å²) in [6, 6.07) is 0. The molecule has 1 fully saturated rings. The molecule has 0 heterocycles. The minimum atomic E-state index is -6.68. The predicted octanol–water partition coefficient (Wildman–Crippen LogP) is -13.0. The van der Waals surface area contributed by atoms with Crippen molar-refractivity contribution < 1.29 is 113 Å². The molecule has 228 valence electrons. The van der Waals surface area contributed by atoms with Crippen LogP contribution in [0.4, 0.5) is 0 Å². The minimum Gasteiger partial charge on any atom is -0.790 e. The van der Waals surface area contributed by atoms with Crippen molar-refractivity contribution in [3.8, 4) is 0 Å². The Morgan fingerprint density at radius 3 is 0.381 bits per heavy atom. The average molecular weight is 1360 g/mol. The molecule has 0 aliphatic heterocycles. The maximum atomic E-state index is 11.1. The Morgan fingerprint density at radius 1 is 0.262 bits per heavy atom. The van der Waals surface area contributed by atoms with Crippen LogP contribution in [0.1, 0.15) is 0 Å². The molecule has 0 bridgehead atoms. The average Bonchev–Trinajstić information content (AvgIpc) is 2.51. The zero-order valence-corrected chi connectivity index (χ0v) is 41.4. The van der Waals surface area contributed by atoms with Gasteiger partial charge in [-0.25, -0.2) is 0 Å². The number of hydrogen-bond acceptors (Lipinski definition) is 24. The zero-order chi connectivity index (χ0) is 28.7. The topological polar surface area (TPSA) is 435 Å². The van der Waals surface area contributed by atoms with Crippen LogP contribution in [0, 0.1) is 0 Å². The molecule has 0 spiro atoms. The number of rotatable bonds is 12. The van der Waals surface area contributed by atoms with Crippen molar-refractivity contribution in [1.82, 2.24) is 0 Å². The molecule has 0 N–H and O–H groups in total. The van der Waals surface area contributed by atoms with Gasteiger partial charge in [-0.1, -0.05) is 0 Å². The van der Waals surface area contributed by atoms with Crippen molar-refractivity contribution in [2.24, 2.45) is 0 Å². The summed E-state index contributed by atoms with van der Waals surface area (Å²) >= 11 is 0. The Kier molecular flexibility index (Phi) is 31.8. The normalized spacial score (nSPS) is 25.1. The summed E-state index contributed by atoms with van der Waals surface area (Å²) in [7, 11) is -40.1. The van der Waals surface area contributed by atoms with Gasteiger partial charge in [-0.15, -0.1) is 0 Å². The molecule has 1 rings (SSSR count). The third-order valence-electron chi connectivity index (χ3n) is 3.45. The van der Waals surface area contributed by atoms with Crippen LogP contribution in [-0.4, -0.2) is 180 Å². The molecule has 1 saturated carbocycles. The van der Waals surface area contributed by atoms with Crippen LogP contribution in [0.3, 0.4) is 0 Å². The van der Waals surface area contributed by atoms with Crippen molar-refractivity contribution >= 4 is 190 Å². The monoisotopic (exact) mass is 1370 g/mol. The Bertz CT molecular complexity index is 843. The van der Waals surface area contributed by atoms with E-state index in [4.69, 9.17) is 0 Å². The van der Waals surface area contributed by atoms with Crippen molar-refractivity contribution in [3.05, 3.63) is 0 Å². The van der Waals surface area contributed by atoms with Crippen LogP contribution in [-0.2, 0) is 54.5 Å². The largest absolute Gasteiger partial charge is 2.00 e. The number of phosphoric acid groups is 6. The van der Waals surface area contributed by atoms with Crippen LogP contribution >= 0.6 is 46.9 Å². The quantitative estimate of drug-likeness (QED) is 0.129. The van der Waals surface area contributed by atoms with Gasteiger partial charge in [0.1, 0.15) is 36.6 Å². The van der Waals surface area contributed by atoms with Gasteiger partial charge in [-0.05, 0) is 0 Å². The van der Waals surface area contributed by atoms with Crippen molar-refractivity contribution in [1.29, 1.82) is 0 Å². The predicted molar refractivity (Wildman–Crippen MR) is 109 cm³/mol. The van der Waals surface area contributed by atoms with E-state index < -0.39 is 83.6 Å². The Balaban J connectivity index is -0.000000540. The maximum absolute atomic E-state index is 11.1. The first-order valence-electron chi connectivity index (χ1n) is 7.80. The van der Waals surface area contributed by atoms with Gasteiger partial charge in [0.25, 0.3) is 0 Å². The summed E-state index contributed by atoms with van der Waals surface area (Å²) in [5, 5.41) is 0. The molecule has 1 aliphatic rings. The summed E-state index contributed by atoms with van der Waals surface area (Å²) in [6.45, 7) is 0. The number of hydrogen-bond donors (Lipinski definition) is 0. The molecule has 1 aliphatic carbocycles. The third kappa shape index (κ3) is 25.4. The van der Waals surface area contributed by atoms with E-state index in [1.54, 1.807) is 0 Å². The third-order valence-corrected chi connectivity index (χ3v) is 6.46. The van der Waals surface area contributed by atoms with Gasteiger partial charge in [0.2, 0.25) is 0 Å². The van der Waals surface area contributed by atoms with E-state index in [1.807, 2.05) is 0 Å². The van der Waals surface area contributed by atoms with E-state index in [9.17, 15) is 86.1 Å². The van der Waals surface area contributed by atoms with E-state index in [1.165, 1.54) is 0 Å². The summed E-state index contributed by atoms with van der Waals surface area (Å²) in [6.07, 6.45) is -21.5. The van der Waals surface area contributed by atoms with Crippen LogP contribution in [0.25, 0.3) is 0 Å². The number of phosphoric ester groups is 6. The molecule has 42 heavy (non-hydrogen) atoms. The van der Waals surface area contributed by atoms with Crippen LogP contribution in [0.2, 0.25) is 0 Å².